The second-order valence-electron chi connectivity index (χ2n) is 5.10. The summed E-state index contributed by atoms with van der Waals surface area (Å²) >= 11 is 0. The van der Waals surface area contributed by atoms with Crippen LogP contribution < -0.4 is 4.74 Å². The van der Waals surface area contributed by atoms with Gasteiger partial charge in [0.05, 0.1) is 7.11 Å². The van der Waals surface area contributed by atoms with Crippen molar-refractivity contribution < 1.29 is 9.53 Å². The number of ether oxygens (including phenoxy) is 1. The lowest BCUT2D eigenvalue weighted by Crippen LogP contribution is -2.35. The first-order chi connectivity index (χ1) is 9.19. The summed E-state index contributed by atoms with van der Waals surface area (Å²) in [5, 5.41) is 0. The topological polar surface area (TPSA) is 29.5 Å². The van der Waals surface area contributed by atoms with E-state index < -0.39 is 0 Å². The predicted molar refractivity (Wildman–Crippen MR) is 76.4 cm³/mol. The predicted octanol–water partition coefficient (Wildman–Crippen LogP) is 2.94. The van der Waals surface area contributed by atoms with Gasteiger partial charge in [0.2, 0.25) is 5.91 Å². The Labute approximate surface area is 115 Å². The quantitative estimate of drug-likeness (QED) is 0.834. The van der Waals surface area contributed by atoms with Crippen molar-refractivity contribution in [2.24, 2.45) is 0 Å². The van der Waals surface area contributed by atoms with Gasteiger partial charge in [-0.25, -0.2) is 0 Å². The number of benzene rings is 1. The van der Waals surface area contributed by atoms with Crippen LogP contribution in [0.4, 0.5) is 0 Å². The first-order valence-corrected chi connectivity index (χ1v) is 7.16. The highest BCUT2D eigenvalue weighted by atomic mass is 16.5. The van der Waals surface area contributed by atoms with Crippen molar-refractivity contribution in [3.63, 3.8) is 0 Å². The molecule has 0 aromatic heterocycles. The second-order valence-corrected chi connectivity index (χ2v) is 5.10. The molecule has 0 N–H and O–H groups in total. The van der Waals surface area contributed by atoms with Gasteiger partial charge in [-0.05, 0) is 42.0 Å². The van der Waals surface area contributed by atoms with Crippen molar-refractivity contribution in [2.45, 2.75) is 46.1 Å². The molecule has 0 atom stereocenters. The van der Waals surface area contributed by atoms with Crippen LogP contribution in [0.1, 0.15) is 43.4 Å². The molecular weight excluding hydrogens is 238 g/mol. The zero-order chi connectivity index (χ0) is 13.8. The van der Waals surface area contributed by atoms with Gasteiger partial charge in [-0.2, -0.15) is 0 Å². The Morgan fingerprint density at radius 2 is 2.11 bits per heavy atom. The van der Waals surface area contributed by atoms with Crippen LogP contribution >= 0.6 is 0 Å². The molecule has 1 heterocycles. The zero-order valence-corrected chi connectivity index (χ0v) is 12.2. The summed E-state index contributed by atoms with van der Waals surface area (Å²) in [5.41, 5.74) is 3.84. The van der Waals surface area contributed by atoms with E-state index in [4.69, 9.17) is 4.74 Å². The highest BCUT2D eigenvalue weighted by Crippen LogP contribution is 2.28. The maximum atomic E-state index is 12.0. The molecule has 0 fully saturated rings. The molecule has 0 saturated carbocycles. The normalized spacial score (nSPS) is 14.2. The molecule has 1 aliphatic rings. The number of hydrogen-bond acceptors (Lipinski definition) is 2. The van der Waals surface area contributed by atoms with Crippen molar-refractivity contribution in [2.75, 3.05) is 13.7 Å². The van der Waals surface area contributed by atoms with Crippen molar-refractivity contribution in [1.82, 2.24) is 4.90 Å². The minimum absolute atomic E-state index is 0.280. The zero-order valence-electron chi connectivity index (χ0n) is 12.2. The van der Waals surface area contributed by atoms with Gasteiger partial charge in [0.1, 0.15) is 5.75 Å². The molecule has 0 radical (unpaired) electrons. The average Bonchev–Trinajstić information content (AvgIpc) is 2.45. The Hall–Kier alpha value is -1.51. The van der Waals surface area contributed by atoms with Crippen LogP contribution in [-0.4, -0.2) is 24.5 Å². The van der Waals surface area contributed by atoms with Crippen LogP contribution in [0.15, 0.2) is 12.1 Å². The lowest BCUT2D eigenvalue weighted by molar-refractivity contribution is -0.132. The van der Waals surface area contributed by atoms with Crippen molar-refractivity contribution in [3.8, 4) is 5.75 Å². The summed E-state index contributed by atoms with van der Waals surface area (Å²) in [4.78, 5) is 14.0. The Balaban J connectivity index is 2.22. The van der Waals surface area contributed by atoms with Crippen molar-refractivity contribution in [3.05, 3.63) is 28.8 Å². The summed E-state index contributed by atoms with van der Waals surface area (Å²) in [6, 6.07) is 4.36. The van der Waals surface area contributed by atoms with Crippen LogP contribution in [0.25, 0.3) is 0 Å². The number of aryl methyl sites for hydroxylation is 1. The summed E-state index contributed by atoms with van der Waals surface area (Å²) in [6.45, 7) is 5.77. The first kappa shape index (κ1) is 13.9. The van der Waals surface area contributed by atoms with E-state index in [2.05, 4.69) is 26.0 Å². The number of nitrogens with zero attached hydrogens (tertiary/aromatic N) is 1. The number of hydrogen-bond donors (Lipinski definition) is 0. The summed E-state index contributed by atoms with van der Waals surface area (Å²) in [6.07, 6.45) is 3.47. The summed E-state index contributed by atoms with van der Waals surface area (Å²) in [5.74, 6) is 1.26. The molecule has 0 spiro atoms. The van der Waals surface area contributed by atoms with E-state index in [1.54, 1.807) is 7.11 Å². The van der Waals surface area contributed by atoms with E-state index in [0.717, 1.165) is 38.1 Å². The molecule has 1 aromatic carbocycles. The van der Waals surface area contributed by atoms with Crippen LogP contribution in [0, 0.1) is 0 Å². The molecule has 1 aromatic rings. The standard InChI is InChI=1S/C16H23NO2/c1-4-6-16(18)17-8-7-13-10-15(19-3)12(5-2)9-14(13)11-17/h9-10H,4-8,11H2,1-3H3. The van der Waals surface area contributed by atoms with E-state index in [1.807, 2.05) is 4.90 Å². The molecule has 0 bridgehead atoms. The smallest absolute Gasteiger partial charge is 0.222 e. The van der Waals surface area contributed by atoms with E-state index in [1.165, 1.54) is 16.7 Å². The molecule has 0 saturated heterocycles. The van der Waals surface area contributed by atoms with E-state index in [0.29, 0.717) is 6.42 Å². The largest absolute Gasteiger partial charge is 0.496 e. The lowest BCUT2D eigenvalue weighted by atomic mass is 9.95. The van der Waals surface area contributed by atoms with Gasteiger partial charge < -0.3 is 9.64 Å². The van der Waals surface area contributed by atoms with E-state index in [9.17, 15) is 4.79 Å². The Morgan fingerprint density at radius 1 is 1.32 bits per heavy atom. The number of fused-ring (bicyclic) bond motifs is 1. The van der Waals surface area contributed by atoms with Crippen molar-refractivity contribution in [1.29, 1.82) is 0 Å². The Bertz CT molecular complexity index is 468. The minimum Gasteiger partial charge on any atom is -0.496 e. The maximum absolute atomic E-state index is 12.0. The third-order valence-electron chi connectivity index (χ3n) is 3.81. The van der Waals surface area contributed by atoms with Crippen LogP contribution in [0.3, 0.4) is 0 Å². The molecule has 2 rings (SSSR count). The number of methoxy groups -OCH3 is 1. The molecular formula is C16H23NO2. The number of carbonyl (C=O) groups is 1. The molecule has 0 aliphatic carbocycles. The monoisotopic (exact) mass is 261 g/mol. The lowest BCUT2D eigenvalue weighted by Gasteiger charge is -2.30. The van der Waals surface area contributed by atoms with E-state index >= 15 is 0 Å². The second kappa shape index (κ2) is 6.09. The SMILES string of the molecule is CCCC(=O)N1CCc2cc(OC)c(CC)cc2C1. The highest BCUT2D eigenvalue weighted by molar-refractivity contribution is 5.76. The average molecular weight is 261 g/mol. The van der Waals surface area contributed by atoms with Gasteiger partial charge in [0, 0.05) is 19.5 Å². The molecule has 0 unspecified atom stereocenters. The number of amides is 1. The van der Waals surface area contributed by atoms with Crippen molar-refractivity contribution >= 4 is 5.91 Å². The van der Waals surface area contributed by atoms with Gasteiger partial charge in [0.15, 0.2) is 0 Å². The first-order valence-electron chi connectivity index (χ1n) is 7.16. The molecule has 3 heteroatoms. The fourth-order valence-corrected chi connectivity index (χ4v) is 2.69. The summed E-state index contributed by atoms with van der Waals surface area (Å²) < 4.78 is 5.43. The van der Waals surface area contributed by atoms with Crippen LogP contribution in [0.5, 0.6) is 5.75 Å². The van der Waals surface area contributed by atoms with Gasteiger partial charge in [0.25, 0.3) is 0 Å². The third-order valence-corrected chi connectivity index (χ3v) is 3.81. The molecule has 104 valence electrons. The van der Waals surface area contributed by atoms with Crippen LogP contribution in [0.2, 0.25) is 0 Å². The Morgan fingerprint density at radius 3 is 2.74 bits per heavy atom. The maximum Gasteiger partial charge on any atom is 0.222 e. The minimum atomic E-state index is 0.280. The third kappa shape index (κ3) is 2.91. The molecule has 19 heavy (non-hydrogen) atoms. The molecule has 1 aliphatic heterocycles. The fraction of sp³-hybridized carbons (Fsp3) is 0.562. The van der Waals surface area contributed by atoms with Gasteiger partial charge >= 0.3 is 0 Å². The van der Waals surface area contributed by atoms with Gasteiger partial charge in [-0.15, -0.1) is 0 Å². The Kier molecular flexibility index (Phi) is 4.46. The van der Waals surface area contributed by atoms with Gasteiger partial charge in [-0.1, -0.05) is 19.9 Å². The molecule has 3 nitrogen and oxygen atoms in total. The molecule has 1 amide bonds. The van der Waals surface area contributed by atoms with Crippen LogP contribution in [-0.2, 0) is 24.2 Å². The summed E-state index contributed by atoms with van der Waals surface area (Å²) in [7, 11) is 1.72. The number of rotatable bonds is 4. The highest BCUT2D eigenvalue weighted by Gasteiger charge is 2.21. The fourth-order valence-electron chi connectivity index (χ4n) is 2.69. The van der Waals surface area contributed by atoms with E-state index in [-0.39, 0.29) is 5.91 Å². The van der Waals surface area contributed by atoms with Gasteiger partial charge in [-0.3, -0.25) is 4.79 Å². The number of carbonyl (C=O) groups excluding carboxylic acids is 1.